The average Bonchev–Trinajstić information content (AvgIpc) is 2.32. The van der Waals surface area contributed by atoms with Crippen LogP contribution in [0.5, 0.6) is 0 Å². The maximum Gasteiger partial charge on any atom is 0.189 e. The highest BCUT2D eigenvalue weighted by Crippen LogP contribution is 2.30. The molecule has 66 valence electrons. The van der Waals surface area contributed by atoms with E-state index in [0.717, 1.165) is 12.8 Å². The van der Waals surface area contributed by atoms with Gasteiger partial charge in [0.15, 0.2) is 11.1 Å². The number of nitrogens with zero attached hydrogens (tertiary/aromatic N) is 2. The molecule has 12 heavy (non-hydrogen) atoms. The SMILES string of the molecule is O=S(O)c1cnn(C2CCC2)c1. The van der Waals surface area contributed by atoms with E-state index in [1.807, 2.05) is 0 Å². The molecule has 0 aromatic carbocycles. The van der Waals surface area contributed by atoms with Crippen LogP contribution in [0.25, 0.3) is 0 Å². The first kappa shape index (κ1) is 7.94. The zero-order valence-electron chi connectivity index (χ0n) is 6.51. The number of hydrogen-bond donors (Lipinski definition) is 1. The van der Waals surface area contributed by atoms with Gasteiger partial charge >= 0.3 is 0 Å². The average molecular weight is 186 g/mol. The van der Waals surface area contributed by atoms with Crippen LogP contribution in [0.2, 0.25) is 0 Å². The minimum atomic E-state index is -1.89. The van der Waals surface area contributed by atoms with Crippen LogP contribution >= 0.6 is 0 Å². The summed E-state index contributed by atoms with van der Waals surface area (Å²) in [4.78, 5) is 0.391. The fourth-order valence-electron chi connectivity index (χ4n) is 1.26. The van der Waals surface area contributed by atoms with E-state index in [1.54, 1.807) is 10.9 Å². The van der Waals surface area contributed by atoms with Gasteiger partial charge in [0.2, 0.25) is 0 Å². The van der Waals surface area contributed by atoms with E-state index in [2.05, 4.69) is 5.10 Å². The maximum absolute atomic E-state index is 10.6. The van der Waals surface area contributed by atoms with Crippen molar-refractivity contribution in [2.45, 2.75) is 30.2 Å². The van der Waals surface area contributed by atoms with Crippen LogP contribution in [-0.2, 0) is 11.1 Å². The van der Waals surface area contributed by atoms with Crippen LogP contribution < -0.4 is 0 Å². The van der Waals surface area contributed by atoms with E-state index in [-0.39, 0.29) is 0 Å². The Kier molecular flexibility index (Phi) is 1.98. The largest absolute Gasteiger partial charge is 0.302 e. The van der Waals surface area contributed by atoms with Crippen LogP contribution in [0.3, 0.4) is 0 Å². The second-order valence-corrected chi connectivity index (χ2v) is 3.96. The topological polar surface area (TPSA) is 55.1 Å². The maximum atomic E-state index is 10.6. The minimum absolute atomic E-state index is 0.391. The van der Waals surface area contributed by atoms with Crippen molar-refractivity contribution in [3.63, 3.8) is 0 Å². The van der Waals surface area contributed by atoms with Gasteiger partial charge in [-0.3, -0.25) is 4.68 Å². The summed E-state index contributed by atoms with van der Waals surface area (Å²) in [5.74, 6) is 0. The van der Waals surface area contributed by atoms with Gasteiger partial charge < -0.3 is 4.55 Å². The van der Waals surface area contributed by atoms with E-state index in [1.165, 1.54) is 12.6 Å². The molecule has 1 aliphatic carbocycles. The summed E-state index contributed by atoms with van der Waals surface area (Å²) in [6, 6.07) is 0.460. The van der Waals surface area contributed by atoms with E-state index >= 15 is 0 Å². The number of rotatable bonds is 2. The van der Waals surface area contributed by atoms with Crippen molar-refractivity contribution in [2.24, 2.45) is 0 Å². The summed E-state index contributed by atoms with van der Waals surface area (Å²) in [5.41, 5.74) is 0. The summed E-state index contributed by atoms with van der Waals surface area (Å²) in [5, 5.41) is 4.02. The third-order valence-corrected chi connectivity index (χ3v) is 2.84. The summed E-state index contributed by atoms with van der Waals surface area (Å²) < 4.78 is 21.1. The van der Waals surface area contributed by atoms with Gasteiger partial charge in [0.05, 0.1) is 12.2 Å². The van der Waals surface area contributed by atoms with Crippen molar-refractivity contribution in [1.29, 1.82) is 0 Å². The lowest BCUT2D eigenvalue weighted by atomic mass is 9.93. The van der Waals surface area contributed by atoms with Crippen molar-refractivity contribution in [3.8, 4) is 0 Å². The molecule has 1 aliphatic rings. The van der Waals surface area contributed by atoms with Gasteiger partial charge in [-0.2, -0.15) is 5.10 Å². The standard InChI is InChI=1S/C7H10N2O2S/c10-12(11)7-4-8-9(5-7)6-2-1-3-6/h4-6H,1-3H2,(H,10,11). The van der Waals surface area contributed by atoms with Gasteiger partial charge in [-0.05, 0) is 19.3 Å². The summed E-state index contributed by atoms with van der Waals surface area (Å²) in [7, 11) is 0. The molecule has 1 unspecified atom stereocenters. The predicted octanol–water partition coefficient (Wildman–Crippen LogP) is 1.19. The van der Waals surface area contributed by atoms with Crippen LogP contribution in [0.1, 0.15) is 25.3 Å². The lowest BCUT2D eigenvalue weighted by Crippen LogP contribution is -2.17. The molecule has 1 fully saturated rings. The van der Waals surface area contributed by atoms with Crippen molar-refractivity contribution >= 4 is 11.1 Å². The Morgan fingerprint density at radius 2 is 2.42 bits per heavy atom. The van der Waals surface area contributed by atoms with Gasteiger partial charge in [-0.15, -0.1) is 0 Å². The zero-order valence-corrected chi connectivity index (χ0v) is 7.33. The Hall–Kier alpha value is -0.680. The first-order chi connectivity index (χ1) is 5.77. The van der Waals surface area contributed by atoms with E-state index < -0.39 is 11.1 Å². The highest BCUT2D eigenvalue weighted by Gasteiger charge is 2.20. The molecule has 0 saturated heterocycles. The number of hydrogen-bond acceptors (Lipinski definition) is 2. The van der Waals surface area contributed by atoms with Crippen molar-refractivity contribution in [3.05, 3.63) is 12.4 Å². The molecule has 1 saturated carbocycles. The molecule has 0 aliphatic heterocycles. The molecule has 1 aromatic rings. The van der Waals surface area contributed by atoms with E-state index in [4.69, 9.17) is 4.55 Å². The molecular formula is C7H10N2O2S. The predicted molar refractivity (Wildman–Crippen MR) is 44.2 cm³/mol. The molecule has 2 rings (SSSR count). The Labute approximate surface area is 72.9 Å². The van der Waals surface area contributed by atoms with Crippen LogP contribution in [0.4, 0.5) is 0 Å². The molecular weight excluding hydrogens is 176 g/mol. The monoisotopic (exact) mass is 186 g/mol. The molecule has 1 aromatic heterocycles. The Morgan fingerprint density at radius 3 is 2.83 bits per heavy atom. The smallest absolute Gasteiger partial charge is 0.189 e. The molecule has 1 heterocycles. The molecule has 4 nitrogen and oxygen atoms in total. The minimum Gasteiger partial charge on any atom is -0.302 e. The van der Waals surface area contributed by atoms with E-state index in [0.29, 0.717) is 10.9 Å². The Bertz CT molecular complexity index is 306. The first-order valence-corrected chi connectivity index (χ1v) is 5.03. The second kappa shape index (κ2) is 2.99. The molecule has 1 N–H and O–H groups in total. The normalized spacial score (nSPS) is 20.4. The molecule has 0 amide bonds. The first-order valence-electron chi connectivity index (χ1n) is 3.92. The van der Waals surface area contributed by atoms with Gasteiger partial charge in [-0.25, -0.2) is 4.21 Å². The highest BCUT2D eigenvalue weighted by atomic mass is 32.2. The number of aromatic nitrogens is 2. The van der Waals surface area contributed by atoms with Crippen molar-refractivity contribution in [2.75, 3.05) is 0 Å². The second-order valence-electron chi connectivity index (χ2n) is 2.99. The fourth-order valence-corrected chi connectivity index (χ4v) is 1.60. The Morgan fingerprint density at radius 1 is 1.67 bits per heavy atom. The van der Waals surface area contributed by atoms with Gasteiger partial charge in [0.1, 0.15) is 4.90 Å². The molecule has 5 heteroatoms. The Balaban J connectivity index is 2.17. The van der Waals surface area contributed by atoms with Crippen LogP contribution in [-0.4, -0.2) is 18.5 Å². The summed E-state index contributed by atoms with van der Waals surface area (Å²) in [6.07, 6.45) is 6.62. The third-order valence-electron chi connectivity index (χ3n) is 2.23. The van der Waals surface area contributed by atoms with Gasteiger partial charge in [-0.1, -0.05) is 0 Å². The van der Waals surface area contributed by atoms with Crippen molar-refractivity contribution in [1.82, 2.24) is 9.78 Å². The molecule has 0 bridgehead atoms. The molecule has 1 atom stereocenters. The van der Waals surface area contributed by atoms with Crippen LogP contribution in [0, 0.1) is 0 Å². The molecule has 0 radical (unpaired) electrons. The zero-order chi connectivity index (χ0) is 8.55. The van der Waals surface area contributed by atoms with E-state index in [9.17, 15) is 4.21 Å². The van der Waals surface area contributed by atoms with Gasteiger partial charge in [0, 0.05) is 6.20 Å². The summed E-state index contributed by atoms with van der Waals surface area (Å²) >= 11 is -1.89. The fraction of sp³-hybridized carbons (Fsp3) is 0.571. The quantitative estimate of drug-likeness (QED) is 0.706. The summed E-state index contributed by atoms with van der Waals surface area (Å²) in [6.45, 7) is 0. The molecule has 0 spiro atoms. The van der Waals surface area contributed by atoms with Gasteiger partial charge in [0.25, 0.3) is 0 Å². The lowest BCUT2D eigenvalue weighted by Gasteiger charge is -2.25. The van der Waals surface area contributed by atoms with Crippen molar-refractivity contribution < 1.29 is 8.76 Å². The highest BCUT2D eigenvalue weighted by molar-refractivity contribution is 7.79. The third kappa shape index (κ3) is 1.30. The van der Waals surface area contributed by atoms with Crippen LogP contribution in [0.15, 0.2) is 17.3 Å². The lowest BCUT2D eigenvalue weighted by molar-refractivity contribution is 0.289.